The van der Waals surface area contributed by atoms with Crippen LogP contribution in [0.25, 0.3) is 4.96 Å². The summed E-state index contributed by atoms with van der Waals surface area (Å²) in [5, 5.41) is 2.78. The molecule has 1 aromatic carbocycles. The topological polar surface area (TPSA) is 17.3 Å². The monoisotopic (exact) mass is 310 g/mol. The fourth-order valence-corrected chi connectivity index (χ4v) is 3.26. The maximum Gasteiger partial charge on any atom is 0.193 e. The lowest BCUT2D eigenvalue weighted by atomic mass is 9.96. The Bertz CT molecular complexity index is 644. The van der Waals surface area contributed by atoms with Crippen LogP contribution >= 0.6 is 34.5 Å². The maximum atomic E-state index is 6.10. The summed E-state index contributed by atoms with van der Waals surface area (Å²) in [6.07, 6.45) is 4.94. The Kier molecular flexibility index (Phi) is 3.78. The Labute approximate surface area is 125 Å². The van der Waals surface area contributed by atoms with Gasteiger partial charge in [0.05, 0.1) is 5.69 Å². The predicted octanol–water partition coefficient (Wildman–Crippen LogP) is 4.61. The minimum Gasteiger partial charge on any atom is -0.297 e. The largest absolute Gasteiger partial charge is 0.297 e. The second-order valence-corrected chi connectivity index (χ2v) is 6.05. The molecule has 0 bridgehead atoms. The molecule has 0 aliphatic heterocycles. The number of rotatable bonds is 4. The second-order valence-electron chi connectivity index (χ2n) is 4.43. The van der Waals surface area contributed by atoms with E-state index in [0.717, 1.165) is 22.1 Å². The van der Waals surface area contributed by atoms with Crippen LogP contribution in [0.2, 0.25) is 5.02 Å². The molecular weight excluding hydrogens is 299 g/mol. The molecular formula is C14H12Cl2N2S. The van der Waals surface area contributed by atoms with Crippen molar-refractivity contribution in [2.24, 2.45) is 0 Å². The van der Waals surface area contributed by atoms with Gasteiger partial charge in [0.25, 0.3) is 0 Å². The molecule has 0 fully saturated rings. The third kappa shape index (κ3) is 2.78. The van der Waals surface area contributed by atoms with E-state index in [2.05, 4.69) is 11.2 Å². The van der Waals surface area contributed by atoms with Gasteiger partial charge in [-0.15, -0.1) is 22.9 Å². The molecule has 1 atom stereocenters. The highest BCUT2D eigenvalue weighted by atomic mass is 35.5. The number of aromatic nitrogens is 2. The number of thiazole rings is 1. The molecule has 3 rings (SSSR count). The second kappa shape index (κ2) is 5.53. The number of hydrogen-bond acceptors (Lipinski definition) is 2. The lowest BCUT2D eigenvalue weighted by molar-refractivity contribution is 0.752. The minimum absolute atomic E-state index is 0.267. The van der Waals surface area contributed by atoms with Crippen molar-refractivity contribution in [2.45, 2.75) is 12.3 Å². The molecule has 0 saturated heterocycles. The van der Waals surface area contributed by atoms with Gasteiger partial charge in [-0.3, -0.25) is 4.40 Å². The summed E-state index contributed by atoms with van der Waals surface area (Å²) in [6, 6.07) is 7.88. The van der Waals surface area contributed by atoms with Gasteiger partial charge in [-0.2, -0.15) is 0 Å². The van der Waals surface area contributed by atoms with Crippen molar-refractivity contribution in [2.75, 3.05) is 5.88 Å². The fourth-order valence-electron chi connectivity index (χ4n) is 2.12. The lowest BCUT2D eigenvalue weighted by Crippen LogP contribution is -2.04. The van der Waals surface area contributed by atoms with E-state index in [1.165, 1.54) is 5.56 Å². The van der Waals surface area contributed by atoms with Crippen LogP contribution in [0.3, 0.4) is 0 Å². The molecule has 98 valence electrons. The summed E-state index contributed by atoms with van der Waals surface area (Å²) in [5.74, 6) is 0.843. The molecule has 2 aromatic heterocycles. The Hall–Kier alpha value is -1.03. The Morgan fingerprint density at radius 1 is 1.26 bits per heavy atom. The van der Waals surface area contributed by atoms with E-state index in [0.29, 0.717) is 5.88 Å². The van der Waals surface area contributed by atoms with E-state index in [1.807, 2.05) is 40.2 Å². The van der Waals surface area contributed by atoms with E-state index in [9.17, 15) is 0 Å². The number of nitrogens with zero attached hydrogens (tertiary/aromatic N) is 2. The molecule has 3 aromatic rings. The van der Waals surface area contributed by atoms with Crippen LogP contribution < -0.4 is 0 Å². The molecule has 5 heteroatoms. The van der Waals surface area contributed by atoms with Gasteiger partial charge >= 0.3 is 0 Å². The normalized spacial score (nSPS) is 12.9. The van der Waals surface area contributed by atoms with Crippen LogP contribution in [0, 0.1) is 0 Å². The fraction of sp³-hybridized carbons (Fsp3) is 0.214. The first kappa shape index (κ1) is 13.0. The average Bonchev–Trinajstić information content (AvgIpc) is 2.98. The Morgan fingerprint density at radius 3 is 2.74 bits per heavy atom. The first-order valence-corrected chi connectivity index (χ1v) is 7.78. The smallest absolute Gasteiger partial charge is 0.193 e. The van der Waals surface area contributed by atoms with Gasteiger partial charge in [0.15, 0.2) is 4.96 Å². The summed E-state index contributed by atoms with van der Waals surface area (Å²) in [6.45, 7) is 0. The molecule has 2 nitrogen and oxygen atoms in total. The highest BCUT2D eigenvalue weighted by Crippen LogP contribution is 2.24. The van der Waals surface area contributed by atoms with E-state index < -0.39 is 0 Å². The van der Waals surface area contributed by atoms with Crippen LogP contribution in [0.4, 0.5) is 0 Å². The predicted molar refractivity (Wildman–Crippen MR) is 81.7 cm³/mol. The van der Waals surface area contributed by atoms with Crippen molar-refractivity contribution in [3.05, 3.63) is 58.3 Å². The number of imidazole rings is 1. The Balaban J connectivity index is 1.83. The van der Waals surface area contributed by atoms with Gasteiger partial charge in [0.1, 0.15) is 0 Å². The summed E-state index contributed by atoms with van der Waals surface area (Å²) in [7, 11) is 0. The molecule has 2 heterocycles. The average molecular weight is 311 g/mol. The summed E-state index contributed by atoms with van der Waals surface area (Å²) in [5.41, 5.74) is 2.28. The van der Waals surface area contributed by atoms with Crippen molar-refractivity contribution in [1.82, 2.24) is 9.38 Å². The van der Waals surface area contributed by atoms with Crippen molar-refractivity contribution in [3.8, 4) is 0 Å². The number of alkyl halides is 1. The van der Waals surface area contributed by atoms with Crippen molar-refractivity contribution >= 4 is 39.5 Å². The molecule has 19 heavy (non-hydrogen) atoms. The van der Waals surface area contributed by atoms with Gasteiger partial charge in [-0.25, -0.2) is 4.98 Å². The first-order valence-electron chi connectivity index (χ1n) is 5.99. The molecule has 1 unspecified atom stereocenters. The molecule has 0 amide bonds. The number of benzene rings is 1. The van der Waals surface area contributed by atoms with Gasteiger partial charge in [0, 0.05) is 34.6 Å². The summed E-state index contributed by atoms with van der Waals surface area (Å²) in [4.78, 5) is 5.63. The number of fused-ring (bicyclic) bond motifs is 1. The molecule has 0 radical (unpaired) electrons. The molecule has 0 spiro atoms. The molecule has 0 saturated carbocycles. The first-order chi connectivity index (χ1) is 9.26. The summed E-state index contributed by atoms with van der Waals surface area (Å²) >= 11 is 13.7. The van der Waals surface area contributed by atoms with E-state index in [1.54, 1.807) is 11.3 Å². The SMILES string of the molecule is ClCC(Cc1cn2ccsc2n1)c1ccc(Cl)cc1. The third-order valence-electron chi connectivity index (χ3n) is 3.13. The van der Waals surface area contributed by atoms with Gasteiger partial charge < -0.3 is 0 Å². The number of halogens is 2. The minimum atomic E-state index is 0.267. The lowest BCUT2D eigenvalue weighted by Gasteiger charge is -2.12. The zero-order valence-corrected chi connectivity index (χ0v) is 12.4. The van der Waals surface area contributed by atoms with Crippen molar-refractivity contribution in [1.29, 1.82) is 0 Å². The van der Waals surface area contributed by atoms with Crippen LogP contribution in [-0.2, 0) is 6.42 Å². The highest BCUT2D eigenvalue weighted by molar-refractivity contribution is 7.15. The summed E-state index contributed by atoms with van der Waals surface area (Å²) < 4.78 is 2.05. The van der Waals surface area contributed by atoms with Gasteiger partial charge in [-0.05, 0) is 24.1 Å². The standard InChI is InChI=1S/C14H12Cl2N2S/c15-8-11(10-1-3-12(16)4-2-10)7-13-9-18-5-6-19-14(18)17-13/h1-6,9,11H,7-8H2. The van der Waals surface area contributed by atoms with E-state index in [-0.39, 0.29) is 5.92 Å². The van der Waals surface area contributed by atoms with E-state index >= 15 is 0 Å². The number of hydrogen-bond donors (Lipinski definition) is 0. The van der Waals surface area contributed by atoms with Crippen LogP contribution in [0.15, 0.2) is 42.0 Å². The molecule has 0 aliphatic rings. The van der Waals surface area contributed by atoms with Crippen LogP contribution in [-0.4, -0.2) is 15.3 Å². The van der Waals surface area contributed by atoms with Gasteiger partial charge in [0.2, 0.25) is 0 Å². The maximum absolute atomic E-state index is 6.10. The van der Waals surface area contributed by atoms with Crippen LogP contribution in [0.1, 0.15) is 17.2 Å². The third-order valence-corrected chi connectivity index (χ3v) is 4.52. The molecule has 0 N–H and O–H groups in total. The van der Waals surface area contributed by atoms with E-state index in [4.69, 9.17) is 23.2 Å². The van der Waals surface area contributed by atoms with Crippen molar-refractivity contribution < 1.29 is 0 Å². The van der Waals surface area contributed by atoms with Gasteiger partial charge in [-0.1, -0.05) is 23.7 Å². The zero-order chi connectivity index (χ0) is 13.2. The molecule has 0 aliphatic carbocycles. The highest BCUT2D eigenvalue weighted by Gasteiger charge is 2.14. The quantitative estimate of drug-likeness (QED) is 0.643. The van der Waals surface area contributed by atoms with Crippen LogP contribution in [0.5, 0.6) is 0 Å². The van der Waals surface area contributed by atoms with Crippen molar-refractivity contribution in [3.63, 3.8) is 0 Å². The zero-order valence-electron chi connectivity index (χ0n) is 10.1. The Morgan fingerprint density at radius 2 is 2.05 bits per heavy atom.